The lowest BCUT2D eigenvalue weighted by atomic mass is 10.0. The first-order chi connectivity index (χ1) is 21.3. The van der Waals surface area contributed by atoms with Gasteiger partial charge in [0, 0.05) is 20.6 Å². The number of piperidine rings is 2. The summed E-state index contributed by atoms with van der Waals surface area (Å²) in [4.78, 5) is 50.7. The van der Waals surface area contributed by atoms with Crippen LogP contribution in [0.1, 0.15) is 38.5 Å². The quantitative estimate of drug-likeness (QED) is 0.258. The third-order valence-corrected chi connectivity index (χ3v) is 7.98. The molecule has 2 aliphatic heterocycles. The van der Waals surface area contributed by atoms with Crippen molar-refractivity contribution in [3.8, 4) is 0 Å². The SMILES string of the molecule is C=CC(=O)Cl.C=CC(=O)N1CCCC[C@H]1C(=O)N(C)c1ccc(F)cc1Cl.CN(C(=O)[C@@H]1CCCCN1)c1ccc(F)cc1Cl.Cl. The number of likely N-dealkylation sites (N-methyl/N-ethyl adjacent to an activating group) is 2. The fourth-order valence-electron chi connectivity index (χ4n) is 4.83. The van der Waals surface area contributed by atoms with Gasteiger partial charge in [-0.15, -0.1) is 12.4 Å². The molecule has 0 bridgehead atoms. The summed E-state index contributed by atoms with van der Waals surface area (Å²) < 4.78 is 26.1. The summed E-state index contributed by atoms with van der Waals surface area (Å²) in [6.45, 7) is 7.95. The Morgan fingerprint density at radius 2 is 1.35 bits per heavy atom. The van der Waals surface area contributed by atoms with Gasteiger partial charge in [-0.2, -0.15) is 0 Å². The molecule has 4 rings (SSSR count). The molecule has 8 nitrogen and oxygen atoms in total. The smallest absolute Gasteiger partial charge is 0.249 e. The van der Waals surface area contributed by atoms with Crippen molar-refractivity contribution in [2.24, 2.45) is 0 Å². The van der Waals surface area contributed by atoms with Crippen molar-refractivity contribution < 1.29 is 28.0 Å². The van der Waals surface area contributed by atoms with Gasteiger partial charge < -0.3 is 20.0 Å². The molecule has 1 N–H and O–H groups in total. The number of rotatable bonds is 6. The topological polar surface area (TPSA) is 90.0 Å². The van der Waals surface area contributed by atoms with E-state index in [1.807, 2.05) is 0 Å². The molecule has 0 aliphatic carbocycles. The zero-order chi connectivity index (χ0) is 33.7. The number of carbonyl (C=O) groups excluding carboxylic acids is 4. The summed E-state index contributed by atoms with van der Waals surface area (Å²) in [5.41, 5.74) is 0.958. The minimum atomic E-state index is -0.537. The average Bonchev–Trinajstić information content (AvgIpc) is 3.04. The number of anilines is 2. The van der Waals surface area contributed by atoms with Crippen LogP contribution in [0.2, 0.25) is 10.0 Å². The van der Waals surface area contributed by atoms with E-state index in [2.05, 4.69) is 18.5 Å². The molecular weight excluding hydrogens is 684 g/mol. The molecule has 2 heterocycles. The highest BCUT2D eigenvalue weighted by molar-refractivity contribution is 6.66. The van der Waals surface area contributed by atoms with Crippen molar-refractivity contribution in [1.29, 1.82) is 0 Å². The molecule has 2 aromatic rings. The maximum atomic E-state index is 13.1. The summed E-state index contributed by atoms with van der Waals surface area (Å²) in [7, 11) is 3.24. The van der Waals surface area contributed by atoms with Gasteiger partial charge >= 0.3 is 0 Å². The Labute approximate surface area is 289 Å². The van der Waals surface area contributed by atoms with Gasteiger partial charge in [-0.25, -0.2) is 8.78 Å². The second-order valence-corrected chi connectivity index (χ2v) is 11.4. The van der Waals surface area contributed by atoms with E-state index in [0.717, 1.165) is 50.8 Å². The van der Waals surface area contributed by atoms with Gasteiger partial charge in [0.05, 0.1) is 27.5 Å². The number of benzene rings is 2. The number of amides is 3. The number of carbonyl (C=O) groups is 4. The van der Waals surface area contributed by atoms with Crippen molar-refractivity contribution in [1.82, 2.24) is 10.2 Å². The number of hydrogen-bond donors (Lipinski definition) is 1. The summed E-state index contributed by atoms with van der Waals surface area (Å²) in [6, 6.07) is 7.22. The van der Waals surface area contributed by atoms with Gasteiger partial charge in [0.1, 0.15) is 17.7 Å². The number of halogens is 6. The number of nitrogens with one attached hydrogen (secondary N) is 1. The summed E-state index contributed by atoms with van der Waals surface area (Å²) in [6.07, 6.45) is 7.59. The van der Waals surface area contributed by atoms with Crippen LogP contribution >= 0.6 is 47.2 Å². The van der Waals surface area contributed by atoms with E-state index in [1.54, 1.807) is 14.1 Å². The van der Waals surface area contributed by atoms with Crippen LogP contribution in [0.5, 0.6) is 0 Å². The Kier molecular flexibility index (Phi) is 18.1. The maximum Gasteiger partial charge on any atom is 0.249 e. The molecule has 14 heteroatoms. The van der Waals surface area contributed by atoms with Crippen LogP contribution in [0.15, 0.2) is 61.7 Å². The van der Waals surface area contributed by atoms with Crippen LogP contribution in [0.3, 0.4) is 0 Å². The van der Waals surface area contributed by atoms with Crippen molar-refractivity contribution in [3.63, 3.8) is 0 Å². The maximum absolute atomic E-state index is 13.1. The van der Waals surface area contributed by atoms with Gasteiger partial charge in [-0.05, 0) is 98.8 Å². The first-order valence-corrected chi connectivity index (χ1v) is 15.4. The van der Waals surface area contributed by atoms with Gasteiger partial charge in [0.15, 0.2) is 0 Å². The van der Waals surface area contributed by atoms with Crippen LogP contribution in [-0.4, -0.2) is 67.1 Å². The Morgan fingerprint density at radius 1 is 0.848 bits per heavy atom. The molecular formula is C32H38Cl4F2N4O4. The molecule has 46 heavy (non-hydrogen) atoms. The average molecular weight is 722 g/mol. The molecule has 0 unspecified atom stereocenters. The van der Waals surface area contributed by atoms with E-state index in [4.69, 9.17) is 34.8 Å². The van der Waals surface area contributed by atoms with E-state index in [-0.39, 0.29) is 46.2 Å². The zero-order valence-electron chi connectivity index (χ0n) is 25.6. The largest absolute Gasteiger partial charge is 0.327 e. The second-order valence-electron chi connectivity index (χ2n) is 10.2. The molecule has 3 amide bonds. The molecule has 0 saturated carbocycles. The van der Waals surface area contributed by atoms with Gasteiger partial charge in [0.25, 0.3) is 0 Å². The van der Waals surface area contributed by atoms with Crippen LogP contribution in [0.4, 0.5) is 20.2 Å². The zero-order valence-corrected chi connectivity index (χ0v) is 28.7. The summed E-state index contributed by atoms with van der Waals surface area (Å²) in [5, 5.41) is 3.09. The Morgan fingerprint density at radius 3 is 1.78 bits per heavy atom. The van der Waals surface area contributed by atoms with Crippen LogP contribution < -0.4 is 15.1 Å². The van der Waals surface area contributed by atoms with Crippen molar-refractivity contribution in [2.75, 3.05) is 37.0 Å². The highest BCUT2D eigenvalue weighted by Gasteiger charge is 2.33. The van der Waals surface area contributed by atoms with Crippen LogP contribution in [0.25, 0.3) is 0 Å². The highest BCUT2D eigenvalue weighted by atomic mass is 35.5. The molecule has 2 saturated heterocycles. The third kappa shape index (κ3) is 12.0. The first-order valence-electron chi connectivity index (χ1n) is 14.3. The van der Waals surface area contributed by atoms with Crippen LogP contribution in [0, 0.1) is 11.6 Å². The summed E-state index contributed by atoms with van der Waals surface area (Å²) >= 11 is 16.7. The van der Waals surface area contributed by atoms with Gasteiger partial charge in [-0.1, -0.05) is 42.8 Å². The molecule has 2 aromatic carbocycles. The second kappa shape index (κ2) is 20.3. The van der Waals surface area contributed by atoms with E-state index < -0.39 is 22.9 Å². The number of nitrogens with zero attached hydrogens (tertiary/aromatic N) is 3. The number of hydrogen-bond acceptors (Lipinski definition) is 5. The molecule has 0 radical (unpaired) electrons. The lowest BCUT2D eigenvalue weighted by molar-refractivity contribution is -0.137. The highest BCUT2D eigenvalue weighted by Crippen LogP contribution is 2.29. The predicted molar refractivity (Wildman–Crippen MR) is 183 cm³/mol. The molecule has 2 fully saturated rings. The lowest BCUT2D eigenvalue weighted by Gasteiger charge is -2.36. The van der Waals surface area contributed by atoms with Crippen LogP contribution in [-0.2, 0) is 19.2 Å². The third-order valence-electron chi connectivity index (χ3n) is 7.22. The summed E-state index contributed by atoms with van der Waals surface area (Å²) in [5.74, 6) is -1.38. The van der Waals surface area contributed by atoms with Crippen molar-refractivity contribution in [2.45, 2.75) is 50.6 Å². The minimum Gasteiger partial charge on any atom is -0.327 e. The van der Waals surface area contributed by atoms with Crippen molar-refractivity contribution in [3.05, 3.63) is 83.4 Å². The van der Waals surface area contributed by atoms with Gasteiger partial charge in [0.2, 0.25) is 23.0 Å². The predicted octanol–water partition coefficient (Wildman–Crippen LogP) is 6.95. The standard InChI is InChI=1S/C16H18ClFN2O2.C13H16ClFN2O.C3H3ClO.ClH/c1-3-15(21)20-9-5-4-6-14(20)16(22)19(2)13-8-7-11(18)10-12(13)17;1-17(12-6-5-9(15)8-10(12)14)13(18)11-4-2-3-7-16-11;1-2-3(4)5;/h3,7-8,10,14H,1,4-6,9H2,2H3;5-6,8,11,16H,2-4,7H2,1H3;2H,1H2;1H/t14-;11-;;/m00../s1. The number of likely N-dealkylation sites (tertiary alicyclic amines) is 1. The Hall–Kier alpha value is -3.02. The fraction of sp³-hybridized carbons (Fsp3) is 0.375. The number of allylic oxidation sites excluding steroid dienone is 1. The molecule has 2 aliphatic rings. The lowest BCUT2D eigenvalue weighted by Crippen LogP contribution is -2.52. The molecule has 2 atom stereocenters. The Bertz CT molecular complexity index is 1390. The van der Waals surface area contributed by atoms with E-state index in [9.17, 15) is 28.0 Å². The van der Waals surface area contributed by atoms with E-state index in [1.165, 1.54) is 51.1 Å². The Balaban J connectivity index is 0.000000399. The minimum absolute atomic E-state index is 0. The van der Waals surface area contributed by atoms with E-state index in [0.29, 0.717) is 24.3 Å². The molecule has 0 spiro atoms. The van der Waals surface area contributed by atoms with Gasteiger partial charge in [-0.3, -0.25) is 19.2 Å². The monoisotopic (exact) mass is 720 g/mol. The van der Waals surface area contributed by atoms with E-state index >= 15 is 0 Å². The van der Waals surface area contributed by atoms with Crippen molar-refractivity contribution >= 4 is 81.5 Å². The molecule has 0 aromatic heterocycles. The normalized spacial score (nSPS) is 17.0. The first kappa shape index (κ1) is 41.0. The molecule has 252 valence electrons. The fourth-order valence-corrected chi connectivity index (χ4v) is 5.42.